The molecule has 0 bridgehead atoms. The average Bonchev–Trinajstić information content (AvgIpc) is 2.73. The van der Waals surface area contributed by atoms with Crippen molar-refractivity contribution in [3.63, 3.8) is 0 Å². The zero-order valence-corrected chi connectivity index (χ0v) is 9.35. The van der Waals surface area contributed by atoms with Crippen LogP contribution in [0.25, 0.3) is 0 Å². The third kappa shape index (κ3) is 3.03. The van der Waals surface area contributed by atoms with Crippen molar-refractivity contribution in [2.75, 3.05) is 13.1 Å². The number of aromatic nitrogens is 1. The smallest absolute Gasteiger partial charge is 0.221 e. The Morgan fingerprint density at radius 1 is 1.38 bits per heavy atom. The van der Waals surface area contributed by atoms with E-state index in [1.807, 2.05) is 12.1 Å². The highest BCUT2D eigenvalue weighted by atomic mass is 16.1. The summed E-state index contributed by atoms with van der Waals surface area (Å²) in [7, 11) is 0. The molecule has 0 atom stereocenters. The van der Waals surface area contributed by atoms with Crippen LogP contribution in [0, 0.1) is 0 Å². The molecule has 0 saturated carbocycles. The van der Waals surface area contributed by atoms with Gasteiger partial charge in [0.15, 0.2) is 0 Å². The first kappa shape index (κ1) is 11.1. The van der Waals surface area contributed by atoms with Gasteiger partial charge in [-0.1, -0.05) is 6.07 Å². The lowest BCUT2D eigenvalue weighted by molar-refractivity contribution is -0.117. The zero-order chi connectivity index (χ0) is 11.4. The van der Waals surface area contributed by atoms with Crippen molar-refractivity contribution in [2.45, 2.75) is 25.8 Å². The predicted molar refractivity (Wildman–Crippen MR) is 61.6 cm³/mol. The van der Waals surface area contributed by atoms with Gasteiger partial charge < -0.3 is 5.73 Å². The number of carbonyl (C=O) groups excluding carboxylic acids is 1. The molecule has 4 heteroatoms. The lowest BCUT2D eigenvalue weighted by atomic mass is 10.2. The van der Waals surface area contributed by atoms with Crippen LogP contribution in [0.4, 0.5) is 0 Å². The van der Waals surface area contributed by atoms with Crippen LogP contribution >= 0.6 is 0 Å². The Bertz CT molecular complexity index is 355. The topological polar surface area (TPSA) is 59.2 Å². The zero-order valence-electron chi connectivity index (χ0n) is 9.35. The van der Waals surface area contributed by atoms with Crippen LogP contribution in [0.5, 0.6) is 0 Å². The number of carbonyl (C=O) groups is 1. The molecule has 4 nitrogen and oxygen atoms in total. The van der Waals surface area contributed by atoms with Gasteiger partial charge in [-0.2, -0.15) is 0 Å². The Kier molecular flexibility index (Phi) is 3.51. The summed E-state index contributed by atoms with van der Waals surface area (Å²) < 4.78 is 0. The minimum atomic E-state index is -0.311. The maximum atomic E-state index is 10.7. The lowest BCUT2D eigenvalue weighted by Crippen LogP contribution is -2.19. The number of hydrogen-bond donors (Lipinski definition) is 1. The fourth-order valence-electron chi connectivity index (χ4n) is 2.02. The van der Waals surface area contributed by atoms with Crippen LogP contribution in [-0.4, -0.2) is 28.9 Å². The number of hydrogen-bond acceptors (Lipinski definition) is 3. The number of amides is 1. The summed E-state index contributed by atoms with van der Waals surface area (Å²) in [5, 5.41) is 0. The summed E-state index contributed by atoms with van der Waals surface area (Å²) in [5.41, 5.74) is 7.07. The fraction of sp³-hybridized carbons (Fsp3) is 0.500. The molecule has 0 radical (unpaired) electrons. The first-order valence-electron chi connectivity index (χ1n) is 5.68. The third-order valence-corrected chi connectivity index (χ3v) is 2.85. The fourth-order valence-corrected chi connectivity index (χ4v) is 2.02. The number of nitrogens with zero attached hydrogens (tertiary/aromatic N) is 2. The highest BCUT2D eigenvalue weighted by molar-refractivity contribution is 5.76. The molecule has 0 spiro atoms. The summed E-state index contributed by atoms with van der Waals surface area (Å²) >= 11 is 0. The quantitative estimate of drug-likeness (QED) is 0.811. The van der Waals surface area contributed by atoms with Gasteiger partial charge in [-0.15, -0.1) is 0 Å². The Labute approximate surface area is 95.5 Å². The van der Waals surface area contributed by atoms with Crippen LogP contribution in [-0.2, 0) is 17.8 Å². The van der Waals surface area contributed by atoms with Gasteiger partial charge in [-0.05, 0) is 37.6 Å². The molecule has 1 aliphatic heterocycles. The van der Waals surface area contributed by atoms with Gasteiger partial charge in [0.05, 0.1) is 12.1 Å². The predicted octanol–water partition coefficient (Wildman–Crippen LogP) is 0.705. The minimum absolute atomic E-state index is 0.275. The number of rotatable bonds is 4. The van der Waals surface area contributed by atoms with Gasteiger partial charge in [0.25, 0.3) is 0 Å². The highest BCUT2D eigenvalue weighted by Crippen LogP contribution is 2.11. The van der Waals surface area contributed by atoms with E-state index >= 15 is 0 Å². The molecule has 2 N–H and O–H groups in total. The summed E-state index contributed by atoms with van der Waals surface area (Å²) in [6.07, 6.45) is 4.60. The standard InChI is InChI=1S/C12H17N3O/c13-12(16)7-10-3-4-11(14-8-10)9-15-5-1-2-6-15/h3-4,8H,1-2,5-7,9H2,(H2,13,16). The first-order chi connectivity index (χ1) is 7.74. The van der Waals surface area contributed by atoms with Crippen molar-refractivity contribution in [2.24, 2.45) is 5.73 Å². The van der Waals surface area contributed by atoms with Gasteiger partial charge in [0.1, 0.15) is 0 Å². The van der Waals surface area contributed by atoms with E-state index in [0.29, 0.717) is 0 Å². The number of pyridine rings is 1. The maximum Gasteiger partial charge on any atom is 0.221 e. The maximum absolute atomic E-state index is 10.7. The van der Waals surface area contributed by atoms with E-state index in [-0.39, 0.29) is 12.3 Å². The summed E-state index contributed by atoms with van der Waals surface area (Å²) in [6.45, 7) is 3.26. The van der Waals surface area contributed by atoms with Crippen LogP contribution in [0.3, 0.4) is 0 Å². The molecular formula is C12H17N3O. The van der Waals surface area contributed by atoms with Gasteiger partial charge >= 0.3 is 0 Å². The van der Waals surface area contributed by atoms with Crippen molar-refractivity contribution in [1.82, 2.24) is 9.88 Å². The molecule has 0 unspecified atom stereocenters. The van der Waals surface area contributed by atoms with Crippen LogP contribution in [0.1, 0.15) is 24.1 Å². The van der Waals surface area contributed by atoms with E-state index < -0.39 is 0 Å². The van der Waals surface area contributed by atoms with E-state index in [9.17, 15) is 4.79 Å². The van der Waals surface area contributed by atoms with E-state index in [1.54, 1.807) is 6.20 Å². The molecule has 0 aliphatic carbocycles. The molecule has 2 heterocycles. The highest BCUT2D eigenvalue weighted by Gasteiger charge is 2.12. The van der Waals surface area contributed by atoms with Gasteiger partial charge in [0, 0.05) is 12.7 Å². The van der Waals surface area contributed by atoms with Crippen LogP contribution in [0.15, 0.2) is 18.3 Å². The van der Waals surface area contributed by atoms with Gasteiger partial charge in [0.2, 0.25) is 5.91 Å². The molecule has 1 aromatic rings. The second kappa shape index (κ2) is 5.07. The SMILES string of the molecule is NC(=O)Cc1ccc(CN2CCCC2)nc1. The molecule has 1 aliphatic rings. The second-order valence-corrected chi connectivity index (χ2v) is 4.28. The number of likely N-dealkylation sites (tertiary alicyclic amines) is 1. The van der Waals surface area contributed by atoms with Crippen LogP contribution < -0.4 is 5.73 Å². The Morgan fingerprint density at radius 2 is 2.12 bits per heavy atom. The van der Waals surface area contributed by atoms with Crippen molar-refractivity contribution < 1.29 is 4.79 Å². The second-order valence-electron chi connectivity index (χ2n) is 4.28. The molecule has 2 rings (SSSR count). The number of primary amides is 1. The third-order valence-electron chi connectivity index (χ3n) is 2.85. The Morgan fingerprint density at radius 3 is 2.69 bits per heavy atom. The van der Waals surface area contributed by atoms with E-state index in [2.05, 4.69) is 9.88 Å². The molecule has 86 valence electrons. The van der Waals surface area contributed by atoms with Gasteiger partial charge in [-0.25, -0.2) is 0 Å². The Balaban J connectivity index is 1.93. The Hall–Kier alpha value is -1.42. The first-order valence-corrected chi connectivity index (χ1v) is 5.68. The average molecular weight is 219 g/mol. The molecule has 1 fully saturated rings. The summed E-state index contributed by atoms with van der Waals surface area (Å²) in [5.74, 6) is -0.311. The minimum Gasteiger partial charge on any atom is -0.369 e. The summed E-state index contributed by atoms with van der Waals surface area (Å²) in [4.78, 5) is 17.5. The van der Waals surface area contributed by atoms with Crippen LogP contribution in [0.2, 0.25) is 0 Å². The summed E-state index contributed by atoms with van der Waals surface area (Å²) in [6, 6.07) is 3.92. The van der Waals surface area contributed by atoms with E-state index in [1.165, 1.54) is 25.9 Å². The number of nitrogens with two attached hydrogens (primary N) is 1. The molecule has 0 aromatic carbocycles. The van der Waals surface area contributed by atoms with Crippen molar-refractivity contribution in [3.05, 3.63) is 29.6 Å². The molecule has 1 aromatic heterocycles. The monoisotopic (exact) mass is 219 g/mol. The normalized spacial score (nSPS) is 16.5. The van der Waals surface area contributed by atoms with Crippen molar-refractivity contribution in [3.8, 4) is 0 Å². The van der Waals surface area contributed by atoms with Crippen molar-refractivity contribution in [1.29, 1.82) is 0 Å². The van der Waals surface area contributed by atoms with E-state index in [4.69, 9.17) is 5.73 Å². The van der Waals surface area contributed by atoms with Crippen molar-refractivity contribution >= 4 is 5.91 Å². The largest absolute Gasteiger partial charge is 0.369 e. The van der Waals surface area contributed by atoms with Gasteiger partial charge in [-0.3, -0.25) is 14.7 Å². The molecular weight excluding hydrogens is 202 g/mol. The molecule has 1 saturated heterocycles. The van der Waals surface area contributed by atoms with E-state index in [0.717, 1.165) is 17.8 Å². The molecule has 1 amide bonds. The molecule has 16 heavy (non-hydrogen) atoms. The lowest BCUT2D eigenvalue weighted by Gasteiger charge is -2.13.